The maximum atomic E-state index is 12.2. The predicted molar refractivity (Wildman–Crippen MR) is 105 cm³/mol. The fourth-order valence-electron chi connectivity index (χ4n) is 2.56. The van der Waals surface area contributed by atoms with Gasteiger partial charge in [0.25, 0.3) is 5.91 Å². The van der Waals surface area contributed by atoms with Crippen LogP contribution in [0.15, 0.2) is 60.7 Å². The monoisotopic (exact) mass is 362 g/mol. The molecule has 1 amide bonds. The summed E-state index contributed by atoms with van der Waals surface area (Å²) in [5.74, 6) is 1.19. The molecule has 0 saturated carbocycles. The van der Waals surface area contributed by atoms with Crippen LogP contribution in [0.3, 0.4) is 0 Å². The Bertz CT molecular complexity index is 893. The third-order valence-electron chi connectivity index (χ3n) is 4.23. The Morgan fingerprint density at radius 3 is 2.41 bits per heavy atom. The van der Waals surface area contributed by atoms with Gasteiger partial charge in [-0.05, 0) is 47.9 Å². The van der Waals surface area contributed by atoms with Crippen LogP contribution in [0.1, 0.15) is 27.2 Å². The zero-order valence-corrected chi connectivity index (χ0v) is 15.4. The SMILES string of the molecule is COc1ccc(CNc2ccc(C(=O)NCc3ccccc3C)nn2)cc1. The van der Waals surface area contributed by atoms with Gasteiger partial charge in [-0.15, -0.1) is 10.2 Å². The highest BCUT2D eigenvalue weighted by atomic mass is 16.5. The van der Waals surface area contributed by atoms with Crippen molar-refractivity contribution in [1.82, 2.24) is 15.5 Å². The van der Waals surface area contributed by atoms with E-state index in [-0.39, 0.29) is 5.91 Å². The van der Waals surface area contributed by atoms with Gasteiger partial charge in [-0.2, -0.15) is 0 Å². The van der Waals surface area contributed by atoms with Crippen LogP contribution in [0.25, 0.3) is 0 Å². The molecular weight excluding hydrogens is 340 g/mol. The fraction of sp³-hybridized carbons (Fsp3) is 0.190. The van der Waals surface area contributed by atoms with Gasteiger partial charge < -0.3 is 15.4 Å². The van der Waals surface area contributed by atoms with Gasteiger partial charge in [0.05, 0.1) is 7.11 Å². The second-order valence-corrected chi connectivity index (χ2v) is 6.11. The average molecular weight is 362 g/mol. The lowest BCUT2D eigenvalue weighted by Crippen LogP contribution is -2.24. The molecular formula is C21H22N4O2. The smallest absolute Gasteiger partial charge is 0.272 e. The first kappa shape index (κ1) is 18.4. The van der Waals surface area contributed by atoms with E-state index in [2.05, 4.69) is 20.8 Å². The molecule has 3 aromatic rings. The molecule has 0 fully saturated rings. The molecule has 27 heavy (non-hydrogen) atoms. The molecule has 0 atom stereocenters. The highest BCUT2D eigenvalue weighted by molar-refractivity contribution is 5.92. The van der Waals surface area contributed by atoms with Gasteiger partial charge in [0.2, 0.25) is 0 Å². The molecule has 0 unspecified atom stereocenters. The zero-order chi connectivity index (χ0) is 19.1. The van der Waals surface area contributed by atoms with Crippen LogP contribution in [0, 0.1) is 6.92 Å². The fourth-order valence-corrected chi connectivity index (χ4v) is 2.56. The van der Waals surface area contributed by atoms with Crippen molar-refractivity contribution in [2.75, 3.05) is 12.4 Å². The van der Waals surface area contributed by atoms with E-state index in [1.807, 2.05) is 55.5 Å². The van der Waals surface area contributed by atoms with Crippen molar-refractivity contribution in [2.45, 2.75) is 20.0 Å². The van der Waals surface area contributed by atoms with Crippen LogP contribution in [0.2, 0.25) is 0 Å². The van der Waals surface area contributed by atoms with Crippen LogP contribution in [-0.4, -0.2) is 23.2 Å². The van der Waals surface area contributed by atoms with Gasteiger partial charge in [0.15, 0.2) is 5.69 Å². The second-order valence-electron chi connectivity index (χ2n) is 6.11. The van der Waals surface area contributed by atoms with E-state index >= 15 is 0 Å². The van der Waals surface area contributed by atoms with Crippen molar-refractivity contribution < 1.29 is 9.53 Å². The number of anilines is 1. The topological polar surface area (TPSA) is 76.1 Å². The lowest BCUT2D eigenvalue weighted by molar-refractivity contribution is 0.0945. The number of amides is 1. The van der Waals surface area contributed by atoms with Crippen molar-refractivity contribution in [2.24, 2.45) is 0 Å². The summed E-state index contributed by atoms with van der Waals surface area (Å²) in [4.78, 5) is 12.2. The molecule has 0 radical (unpaired) electrons. The molecule has 0 saturated heterocycles. The Kier molecular flexibility index (Phi) is 5.99. The largest absolute Gasteiger partial charge is 0.497 e. The molecule has 6 heteroatoms. The van der Waals surface area contributed by atoms with Crippen LogP contribution >= 0.6 is 0 Å². The summed E-state index contributed by atoms with van der Waals surface area (Å²) >= 11 is 0. The van der Waals surface area contributed by atoms with E-state index < -0.39 is 0 Å². The lowest BCUT2D eigenvalue weighted by atomic mass is 10.1. The standard InChI is InChI=1S/C21H22N4O2/c1-15-5-3-4-6-17(15)14-23-21(26)19-11-12-20(25-24-19)22-13-16-7-9-18(27-2)10-8-16/h3-12H,13-14H2,1-2H3,(H,22,25)(H,23,26). The van der Waals surface area contributed by atoms with E-state index in [0.717, 1.165) is 22.4 Å². The quantitative estimate of drug-likeness (QED) is 0.674. The summed E-state index contributed by atoms with van der Waals surface area (Å²) in [6.07, 6.45) is 0. The summed E-state index contributed by atoms with van der Waals surface area (Å²) in [5, 5.41) is 14.1. The molecule has 0 bridgehead atoms. The normalized spacial score (nSPS) is 10.3. The number of hydrogen-bond acceptors (Lipinski definition) is 5. The first-order chi connectivity index (χ1) is 13.2. The van der Waals surface area contributed by atoms with Crippen LogP contribution < -0.4 is 15.4 Å². The van der Waals surface area contributed by atoms with Crippen LogP contribution in [0.4, 0.5) is 5.82 Å². The van der Waals surface area contributed by atoms with E-state index in [1.165, 1.54) is 0 Å². The van der Waals surface area contributed by atoms with Gasteiger partial charge in [-0.25, -0.2) is 0 Å². The third kappa shape index (κ3) is 5.04. The van der Waals surface area contributed by atoms with Crippen molar-refractivity contribution >= 4 is 11.7 Å². The molecule has 6 nitrogen and oxygen atoms in total. The Morgan fingerprint density at radius 1 is 0.963 bits per heavy atom. The van der Waals surface area contributed by atoms with Crippen LogP contribution in [0.5, 0.6) is 5.75 Å². The number of methoxy groups -OCH3 is 1. The van der Waals surface area contributed by atoms with Crippen molar-refractivity contribution in [1.29, 1.82) is 0 Å². The van der Waals surface area contributed by atoms with Gasteiger partial charge in [-0.3, -0.25) is 4.79 Å². The Hall–Kier alpha value is -3.41. The van der Waals surface area contributed by atoms with E-state index in [0.29, 0.717) is 24.6 Å². The van der Waals surface area contributed by atoms with Crippen molar-refractivity contribution in [3.05, 3.63) is 83.0 Å². The molecule has 0 aliphatic rings. The molecule has 2 aromatic carbocycles. The number of nitrogens with zero attached hydrogens (tertiary/aromatic N) is 2. The molecule has 2 N–H and O–H groups in total. The summed E-state index contributed by atoms with van der Waals surface area (Å²) < 4.78 is 5.14. The summed E-state index contributed by atoms with van der Waals surface area (Å²) in [5.41, 5.74) is 3.61. The van der Waals surface area contributed by atoms with E-state index in [4.69, 9.17) is 4.74 Å². The molecule has 1 heterocycles. The molecule has 0 aliphatic carbocycles. The Morgan fingerprint density at radius 2 is 1.74 bits per heavy atom. The van der Waals surface area contributed by atoms with Crippen LogP contribution in [-0.2, 0) is 13.1 Å². The van der Waals surface area contributed by atoms with E-state index in [1.54, 1.807) is 19.2 Å². The first-order valence-electron chi connectivity index (χ1n) is 8.69. The first-order valence-corrected chi connectivity index (χ1v) is 8.69. The maximum absolute atomic E-state index is 12.2. The van der Waals surface area contributed by atoms with Crippen molar-refractivity contribution in [3.63, 3.8) is 0 Å². The molecule has 0 aliphatic heterocycles. The molecule has 0 spiro atoms. The zero-order valence-electron chi connectivity index (χ0n) is 15.4. The minimum Gasteiger partial charge on any atom is -0.497 e. The van der Waals surface area contributed by atoms with Gasteiger partial charge in [-0.1, -0.05) is 36.4 Å². The number of ether oxygens (including phenoxy) is 1. The number of aromatic nitrogens is 2. The van der Waals surface area contributed by atoms with Gasteiger partial charge >= 0.3 is 0 Å². The number of carbonyl (C=O) groups excluding carboxylic acids is 1. The summed E-state index contributed by atoms with van der Waals surface area (Å²) in [6, 6.07) is 19.1. The number of hydrogen-bond donors (Lipinski definition) is 2. The Balaban J connectivity index is 1.53. The third-order valence-corrected chi connectivity index (χ3v) is 4.23. The van der Waals surface area contributed by atoms with Crippen molar-refractivity contribution in [3.8, 4) is 5.75 Å². The molecule has 138 valence electrons. The second kappa shape index (κ2) is 8.80. The summed E-state index contributed by atoms with van der Waals surface area (Å²) in [7, 11) is 1.64. The minimum absolute atomic E-state index is 0.243. The number of nitrogens with one attached hydrogen (secondary N) is 2. The Labute approximate surface area is 158 Å². The number of rotatable bonds is 7. The number of carbonyl (C=O) groups is 1. The maximum Gasteiger partial charge on any atom is 0.272 e. The number of aryl methyl sites for hydroxylation is 1. The highest BCUT2D eigenvalue weighted by Gasteiger charge is 2.08. The summed E-state index contributed by atoms with van der Waals surface area (Å²) in [6.45, 7) is 3.09. The predicted octanol–water partition coefficient (Wildman–Crippen LogP) is 3.34. The lowest BCUT2D eigenvalue weighted by Gasteiger charge is -2.08. The molecule has 3 rings (SSSR count). The average Bonchev–Trinajstić information content (AvgIpc) is 2.72. The van der Waals surface area contributed by atoms with Gasteiger partial charge in [0.1, 0.15) is 11.6 Å². The minimum atomic E-state index is -0.243. The molecule has 1 aromatic heterocycles. The van der Waals surface area contributed by atoms with E-state index in [9.17, 15) is 4.79 Å². The van der Waals surface area contributed by atoms with Gasteiger partial charge in [0, 0.05) is 13.1 Å². The number of benzene rings is 2. The highest BCUT2D eigenvalue weighted by Crippen LogP contribution is 2.13.